The van der Waals surface area contributed by atoms with E-state index in [0.29, 0.717) is 0 Å². The van der Waals surface area contributed by atoms with Crippen LogP contribution in [-0.4, -0.2) is 38.2 Å². The number of benzene rings is 1. The number of halogens is 3. The van der Waals surface area contributed by atoms with Gasteiger partial charge in [-0.1, -0.05) is 6.07 Å². The van der Waals surface area contributed by atoms with Gasteiger partial charge in [-0.15, -0.1) is 0 Å². The maximum absolute atomic E-state index is 11.8. The average Bonchev–Trinajstić information content (AvgIpc) is 2.27. The van der Waals surface area contributed by atoms with Gasteiger partial charge in [0.1, 0.15) is 6.61 Å². The van der Waals surface area contributed by atoms with Crippen molar-refractivity contribution in [2.45, 2.75) is 11.1 Å². The molecule has 0 heterocycles. The number of hydrogen-bond donors (Lipinski definition) is 1. The Bertz CT molecular complexity index is 565. The van der Waals surface area contributed by atoms with Gasteiger partial charge in [0.05, 0.1) is 10.5 Å². The molecule has 1 aromatic carbocycles. The summed E-state index contributed by atoms with van der Waals surface area (Å²) in [6.07, 6.45) is -4.63. The highest BCUT2D eigenvalue weighted by atomic mass is 32.2. The second-order valence-corrected chi connectivity index (χ2v) is 5.47. The van der Waals surface area contributed by atoms with Crippen molar-refractivity contribution in [3.63, 3.8) is 0 Å². The summed E-state index contributed by atoms with van der Waals surface area (Å²) in [7, 11) is -4.12. The average molecular weight is 298 g/mol. The summed E-state index contributed by atoms with van der Waals surface area (Å²) in [6, 6.07) is 4.28. The molecule has 1 aromatic rings. The topological polar surface area (TPSA) is 80.7 Å². The van der Waals surface area contributed by atoms with Crippen molar-refractivity contribution in [3.05, 3.63) is 29.8 Å². The third-order valence-electron chi connectivity index (χ3n) is 1.94. The number of ether oxygens (including phenoxy) is 1. The van der Waals surface area contributed by atoms with Crippen molar-refractivity contribution in [2.75, 3.05) is 12.5 Å². The molecule has 0 aromatic heterocycles. The van der Waals surface area contributed by atoms with Gasteiger partial charge in [0, 0.05) is 0 Å². The summed E-state index contributed by atoms with van der Waals surface area (Å²) >= 11 is 0. The largest absolute Gasteiger partial charge is 0.478 e. The third kappa shape index (κ3) is 4.87. The Labute approximate surface area is 106 Å². The molecule has 0 aliphatic rings. The fourth-order valence-corrected chi connectivity index (χ4v) is 2.19. The Morgan fingerprint density at radius 2 is 1.95 bits per heavy atom. The molecular weight excluding hydrogens is 289 g/mol. The molecule has 5 nitrogen and oxygen atoms in total. The minimum atomic E-state index is -4.63. The molecular formula is C10H9F3O5S. The molecule has 19 heavy (non-hydrogen) atoms. The zero-order valence-electron chi connectivity index (χ0n) is 9.35. The first kappa shape index (κ1) is 15.4. The van der Waals surface area contributed by atoms with Crippen LogP contribution >= 0.6 is 0 Å². The zero-order chi connectivity index (χ0) is 14.7. The molecule has 0 fully saturated rings. The van der Waals surface area contributed by atoms with Gasteiger partial charge in [0.25, 0.3) is 0 Å². The lowest BCUT2D eigenvalue weighted by Crippen LogP contribution is -2.20. The maximum atomic E-state index is 11.8. The SMILES string of the molecule is O=C(O)c1cccc(S(=O)(=O)COCC(F)(F)F)c1. The predicted molar refractivity (Wildman–Crippen MR) is 57.5 cm³/mol. The Balaban J connectivity index is 2.83. The molecule has 0 aliphatic heterocycles. The van der Waals surface area contributed by atoms with Crippen LogP contribution in [0, 0.1) is 0 Å². The Kier molecular flexibility index (Phi) is 4.53. The van der Waals surface area contributed by atoms with Gasteiger partial charge in [0.15, 0.2) is 5.94 Å². The summed E-state index contributed by atoms with van der Waals surface area (Å²) in [5.74, 6) is -2.51. The minimum Gasteiger partial charge on any atom is -0.478 e. The number of rotatable bonds is 5. The van der Waals surface area contributed by atoms with E-state index in [-0.39, 0.29) is 5.56 Å². The number of alkyl halides is 3. The Morgan fingerprint density at radius 3 is 2.47 bits per heavy atom. The van der Waals surface area contributed by atoms with Crippen LogP contribution < -0.4 is 0 Å². The smallest absolute Gasteiger partial charge is 0.411 e. The van der Waals surface area contributed by atoms with Gasteiger partial charge >= 0.3 is 12.1 Å². The summed E-state index contributed by atoms with van der Waals surface area (Å²) in [6.45, 7) is -1.69. The van der Waals surface area contributed by atoms with E-state index in [1.807, 2.05) is 0 Å². The number of carboxylic acids is 1. The van der Waals surface area contributed by atoms with Crippen molar-refractivity contribution < 1.29 is 36.2 Å². The van der Waals surface area contributed by atoms with E-state index in [4.69, 9.17) is 5.11 Å². The van der Waals surface area contributed by atoms with E-state index in [9.17, 15) is 26.4 Å². The number of aromatic carboxylic acids is 1. The molecule has 1 rings (SSSR count). The first-order valence-corrected chi connectivity index (χ1v) is 6.48. The second kappa shape index (κ2) is 5.57. The number of carbonyl (C=O) groups is 1. The first-order chi connectivity index (χ1) is 8.62. The van der Waals surface area contributed by atoms with Gasteiger partial charge < -0.3 is 9.84 Å². The molecule has 0 atom stereocenters. The molecule has 0 saturated carbocycles. The van der Waals surface area contributed by atoms with Crippen LogP contribution in [0.25, 0.3) is 0 Å². The molecule has 0 aliphatic carbocycles. The third-order valence-corrected chi connectivity index (χ3v) is 3.39. The van der Waals surface area contributed by atoms with E-state index in [1.165, 1.54) is 6.07 Å². The van der Waals surface area contributed by atoms with Crippen molar-refractivity contribution in [2.24, 2.45) is 0 Å². The standard InChI is InChI=1S/C10H9F3O5S/c11-10(12,13)5-18-6-19(16,17)8-3-1-2-7(4-8)9(14)15/h1-4H,5-6H2,(H,14,15). The molecule has 0 unspecified atom stereocenters. The molecule has 0 amide bonds. The van der Waals surface area contributed by atoms with Crippen molar-refractivity contribution in [3.8, 4) is 0 Å². The highest BCUT2D eigenvalue weighted by molar-refractivity contribution is 7.91. The number of sulfone groups is 1. The van der Waals surface area contributed by atoms with Crippen LogP contribution in [0.15, 0.2) is 29.2 Å². The summed E-state index contributed by atoms with van der Waals surface area (Å²) < 4.78 is 62.7. The van der Waals surface area contributed by atoms with Crippen LogP contribution in [0.5, 0.6) is 0 Å². The molecule has 0 bridgehead atoms. The van der Waals surface area contributed by atoms with Crippen LogP contribution in [0.1, 0.15) is 10.4 Å². The summed E-state index contributed by atoms with van der Waals surface area (Å²) in [5, 5.41) is 8.68. The highest BCUT2D eigenvalue weighted by Gasteiger charge is 2.29. The molecule has 0 saturated heterocycles. The fourth-order valence-electron chi connectivity index (χ4n) is 1.16. The van der Waals surface area contributed by atoms with Crippen LogP contribution in [0.2, 0.25) is 0 Å². The highest BCUT2D eigenvalue weighted by Crippen LogP contribution is 2.17. The van der Waals surface area contributed by atoms with Crippen molar-refractivity contribution in [1.29, 1.82) is 0 Å². The normalized spacial score (nSPS) is 12.4. The maximum Gasteiger partial charge on any atom is 0.411 e. The number of carboxylic acid groups (broad SMARTS) is 1. The van der Waals surface area contributed by atoms with Gasteiger partial charge in [-0.3, -0.25) is 0 Å². The first-order valence-electron chi connectivity index (χ1n) is 4.82. The zero-order valence-corrected chi connectivity index (χ0v) is 10.2. The fraction of sp³-hybridized carbons (Fsp3) is 0.300. The van der Waals surface area contributed by atoms with Gasteiger partial charge in [0.2, 0.25) is 9.84 Å². The molecule has 0 radical (unpaired) electrons. The van der Waals surface area contributed by atoms with Crippen molar-refractivity contribution in [1.82, 2.24) is 0 Å². The van der Waals surface area contributed by atoms with E-state index < -0.39 is 39.4 Å². The second-order valence-electron chi connectivity index (χ2n) is 3.53. The summed E-state index contributed by atoms with van der Waals surface area (Å²) in [5.41, 5.74) is -0.281. The van der Waals surface area contributed by atoms with Crippen LogP contribution in [0.4, 0.5) is 13.2 Å². The lowest BCUT2D eigenvalue weighted by Gasteiger charge is -2.08. The van der Waals surface area contributed by atoms with E-state index in [2.05, 4.69) is 4.74 Å². The number of hydrogen-bond acceptors (Lipinski definition) is 4. The molecule has 1 N–H and O–H groups in total. The monoisotopic (exact) mass is 298 g/mol. The van der Waals surface area contributed by atoms with Gasteiger partial charge in [-0.2, -0.15) is 13.2 Å². The van der Waals surface area contributed by atoms with E-state index >= 15 is 0 Å². The predicted octanol–water partition coefficient (Wildman–Crippen LogP) is 1.69. The van der Waals surface area contributed by atoms with Gasteiger partial charge in [-0.25, -0.2) is 13.2 Å². The molecule has 9 heteroatoms. The van der Waals surface area contributed by atoms with E-state index in [0.717, 1.165) is 18.2 Å². The van der Waals surface area contributed by atoms with E-state index in [1.54, 1.807) is 0 Å². The summed E-state index contributed by atoms with van der Waals surface area (Å²) in [4.78, 5) is 10.2. The van der Waals surface area contributed by atoms with Gasteiger partial charge in [-0.05, 0) is 18.2 Å². The quantitative estimate of drug-likeness (QED) is 0.894. The minimum absolute atomic E-state index is 0.281. The molecule has 0 spiro atoms. The molecule has 106 valence electrons. The lowest BCUT2D eigenvalue weighted by molar-refractivity contribution is -0.169. The Hall–Kier alpha value is -1.61. The van der Waals surface area contributed by atoms with Crippen molar-refractivity contribution >= 4 is 15.8 Å². The Morgan fingerprint density at radius 1 is 1.32 bits per heavy atom. The lowest BCUT2D eigenvalue weighted by atomic mass is 10.2. The van der Waals surface area contributed by atoms with Crippen LogP contribution in [0.3, 0.4) is 0 Å². The van der Waals surface area contributed by atoms with Crippen LogP contribution in [-0.2, 0) is 14.6 Å².